The lowest BCUT2D eigenvalue weighted by atomic mass is 10.3. The summed E-state index contributed by atoms with van der Waals surface area (Å²) in [5.41, 5.74) is 2.42. The highest BCUT2D eigenvalue weighted by Gasteiger charge is 1.98. The van der Waals surface area contributed by atoms with E-state index in [1.165, 1.54) is 5.56 Å². The zero-order valence-electron chi connectivity index (χ0n) is 9.03. The normalized spacial score (nSPS) is 10.8. The Balaban J connectivity index is 1.80. The molecule has 2 heterocycles. The molecule has 1 N–H and O–H groups in total. The number of rotatable bonds is 4. The van der Waals surface area contributed by atoms with Crippen LogP contribution in [0.15, 0.2) is 23.8 Å². The fourth-order valence-corrected chi connectivity index (χ4v) is 2.20. The van der Waals surface area contributed by atoms with E-state index < -0.39 is 0 Å². The largest absolute Gasteiger partial charge is 0.357 e. The fourth-order valence-electron chi connectivity index (χ4n) is 1.46. The van der Waals surface area contributed by atoms with Gasteiger partial charge in [0.2, 0.25) is 0 Å². The Bertz CT molecular complexity index is 390. The van der Waals surface area contributed by atoms with Gasteiger partial charge in [-0.05, 0) is 18.6 Å². The molecular weight excluding hydrogens is 206 g/mol. The highest BCUT2D eigenvalue weighted by molar-refractivity contribution is 7.09. The second-order valence-corrected chi connectivity index (χ2v) is 4.61. The minimum absolute atomic E-state index is 0.855. The first-order valence-electron chi connectivity index (χ1n) is 4.96. The lowest BCUT2D eigenvalue weighted by molar-refractivity contribution is 0.688. The zero-order valence-corrected chi connectivity index (χ0v) is 9.84. The predicted octanol–water partition coefficient (Wildman–Crippen LogP) is 2.08. The molecule has 0 fully saturated rings. The van der Waals surface area contributed by atoms with Crippen molar-refractivity contribution in [2.45, 2.75) is 20.0 Å². The van der Waals surface area contributed by atoms with Crippen LogP contribution in [0.4, 0.5) is 0 Å². The van der Waals surface area contributed by atoms with Crippen LogP contribution < -0.4 is 5.32 Å². The Morgan fingerprint density at radius 1 is 1.47 bits per heavy atom. The van der Waals surface area contributed by atoms with Crippen molar-refractivity contribution in [2.75, 3.05) is 0 Å². The topological polar surface area (TPSA) is 29.9 Å². The van der Waals surface area contributed by atoms with Crippen LogP contribution in [0.5, 0.6) is 0 Å². The second kappa shape index (κ2) is 4.59. The third-order valence-corrected chi connectivity index (χ3v) is 3.13. The van der Waals surface area contributed by atoms with Crippen LogP contribution in [0.1, 0.15) is 16.3 Å². The molecule has 0 atom stereocenters. The van der Waals surface area contributed by atoms with E-state index in [1.54, 1.807) is 11.3 Å². The highest BCUT2D eigenvalue weighted by Crippen LogP contribution is 2.08. The molecule has 0 unspecified atom stereocenters. The van der Waals surface area contributed by atoms with Crippen LogP contribution in [0.3, 0.4) is 0 Å². The van der Waals surface area contributed by atoms with Crippen LogP contribution in [-0.2, 0) is 20.1 Å². The van der Waals surface area contributed by atoms with Crippen molar-refractivity contribution in [3.8, 4) is 0 Å². The third-order valence-electron chi connectivity index (χ3n) is 2.17. The molecule has 0 aliphatic rings. The summed E-state index contributed by atoms with van der Waals surface area (Å²) in [5, 5.41) is 6.62. The molecule has 0 radical (unpaired) electrons. The summed E-state index contributed by atoms with van der Waals surface area (Å²) in [6.07, 6.45) is 4.19. The van der Waals surface area contributed by atoms with Crippen molar-refractivity contribution in [3.05, 3.63) is 40.1 Å². The summed E-state index contributed by atoms with van der Waals surface area (Å²) in [5.74, 6) is 0. The number of aromatic nitrogens is 2. The summed E-state index contributed by atoms with van der Waals surface area (Å²) < 4.78 is 2.06. The van der Waals surface area contributed by atoms with Crippen molar-refractivity contribution in [1.82, 2.24) is 14.9 Å². The standard InChI is InChI=1S/C11H15N3S/c1-9-8-15-11(13-9)6-12-5-10-3-4-14(2)7-10/h3-4,7-8,12H,5-6H2,1-2H3. The number of thiazole rings is 1. The maximum Gasteiger partial charge on any atom is 0.107 e. The van der Waals surface area contributed by atoms with Gasteiger partial charge < -0.3 is 9.88 Å². The van der Waals surface area contributed by atoms with E-state index in [0.29, 0.717) is 0 Å². The van der Waals surface area contributed by atoms with E-state index >= 15 is 0 Å². The number of nitrogens with one attached hydrogen (secondary N) is 1. The van der Waals surface area contributed by atoms with Crippen molar-refractivity contribution in [2.24, 2.45) is 7.05 Å². The summed E-state index contributed by atoms with van der Waals surface area (Å²) in [6.45, 7) is 3.78. The Labute approximate surface area is 93.8 Å². The van der Waals surface area contributed by atoms with Gasteiger partial charge in [0.1, 0.15) is 5.01 Å². The molecule has 2 aromatic heterocycles. The smallest absolute Gasteiger partial charge is 0.107 e. The van der Waals surface area contributed by atoms with Gasteiger partial charge in [0.05, 0.1) is 0 Å². The van der Waals surface area contributed by atoms with Gasteiger partial charge in [0, 0.05) is 43.6 Å². The Hall–Kier alpha value is -1.13. The Morgan fingerprint density at radius 2 is 2.33 bits per heavy atom. The molecule has 4 heteroatoms. The van der Waals surface area contributed by atoms with E-state index in [4.69, 9.17) is 0 Å². The average molecular weight is 221 g/mol. The summed E-state index contributed by atoms with van der Waals surface area (Å²) in [4.78, 5) is 4.40. The van der Waals surface area contributed by atoms with E-state index in [0.717, 1.165) is 23.8 Å². The minimum Gasteiger partial charge on any atom is -0.357 e. The molecule has 2 aromatic rings. The Kier molecular flexibility index (Phi) is 3.18. The van der Waals surface area contributed by atoms with Crippen molar-refractivity contribution in [1.29, 1.82) is 0 Å². The van der Waals surface area contributed by atoms with E-state index in [1.807, 2.05) is 14.0 Å². The fraction of sp³-hybridized carbons (Fsp3) is 0.364. The van der Waals surface area contributed by atoms with Gasteiger partial charge in [-0.1, -0.05) is 0 Å². The van der Waals surface area contributed by atoms with Crippen molar-refractivity contribution >= 4 is 11.3 Å². The van der Waals surface area contributed by atoms with Gasteiger partial charge in [0.25, 0.3) is 0 Å². The Morgan fingerprint density at radius 3 is 2.93 bits per heavy atom. The number of aryl methyl sites for hydroxylation is 2. The molecule has 80 valence electrons. The van der Waals surface area contributed by atoms with Gasteiger partial charge in [-0.15, -0.1) is 11.3 Å². The molecule has 0 aliphatic carbocycles. The van der Waals surface area contributed by atoms with Gasteiger partial charge in [-0.25, -0.2) is 4.98 Å². The summed E-state index contributed by atoms with van der Waals surface area (Å²) in [7, 11) is 2.04. The summed E-state index contributed by atoms with van der Waals surface area (Å²) in [6, 6.07) is 2.13. The molecule has 0 aliphatic heterocycles. The maximum absolute atomic E-state index is 4.40. The molecule has 0 spiro atoms. The molecular formula is C11H15N3S. The lowest BCUT2D eigenvalue weighted by Gasteiger charge is -1.99. The van der Waals surface area contributed by atoms with Crippen LogP contribution >= 0.6 is 11.3 Å². The second-order valence-electron chi connectivity index (χ2n) is 3.67. The minimum atomic E-state index is 0.855. The molecule has 0 amide bonds. The van der Waals surface area contributed by atoms with Crippen LogP contribution in [0.2, 0.25) is 0 Å². The first-order valence-corrected chi connectivity index (χ1v) is 5.84. The number of nitrogens with zero attached hydrogens (tertiary/aromatic N) is 2. The molecule has 0 saturated carbocycles. The average Bonchev–Trinajstić information content (AvgIpc) is 2.76. The van der Waals surface area contributed by atoms with Crippen LogP contribution in [0.25, 0.3) is 0 Å². The molecule has 0 aromatic carbocycles. The SMILES string of the molecule is Cc1csc(CNCc2ccn(C)c2)n1. The molecule has 0 saturated heterocycles. The van der Waals surface area contributed by atoms with E-state index in [9.17, 15) is 0 Å². The number of hydrogen-bond acceptors (Lipinski definition) is 3. The molecule has 2 rings (SSSR count). The van der Waals surface area contributed by atoms with Gasteiger partial charge in [-0.3, -0.25) is 0 Å². The van der Waals surface area contributed by atoms with E-state index in [-0.39, 0.29) is 0 Å². The van der Waals surface area contributed by atoms with Crippen LogP contribution in [0, 0.1) is 6.92 Å². The third kappa shape index (κ3) is 2.91. The maximum atomic E-state index is 4.40. The van der Waals surface area contributed by atoms with Crippen molar-refractivity contribution < 1.29 is 0 Å². The quantitative estimate of drug-likeness (QED) is 0.856. The lowest BCUT2D eigenvalue weighted by Crippen LogP contribution is -2.11. The summed E-state index contributed by atoms with van der Waals surface area (Å²) >= 11 is 1.71. The zero-order chi connectivity index (χ0) is 10.7. The monoisotopic (exact) mass is 221 g/mol. The van der Waals surface area contributed by atoms with Gasteiger partial charge in [0.15, 0.2) is 0 Å². The van der Waals surface area contributed by atoms with Gasteiger partial charge in [-0.2, -0.15) is 0 Å². The first kappa shape index (κ1) is 10.4. The van der Waals surface area contributed by atoms with Crippen molar-refractivity contribution in [3.63, 3.8) is 0 Å². The van der Waals surface area contributed by atoms with Gasteiger partial charge >= 0.3 is 0 Å². The number of hydrogen-bond donors (Lipinski definition) is 1. The first-order chi connectivity index (χ1) is 7.24. The van der Waals surface area contributed by atoms with E-state index in [2.05, 4.69) is 38.7 Å². The molecule has 0 bridgehead atoms. The molecule has 15 heavy (non-hydrogen) atoms. The predicted molar refractivity (Wildman–Crippen MR) is 62.8 cm³/mol. The molecule has 3 nitrogen and oxygen atoms in total. The van der Waals surface area contributed by atoms with Crippen LogP contribution in [-0.4, -0.2) is 9.55 Å². The highest BCUT2D eigenvalue weighted by atomic mass is 32.1.